The van der Waals surface area contributed by atoms with Crippen molar-refractivity contribution < 1.29 is 0 Å². The second-order valence-electron chi connectivity index (χ2n) is 12.3. The van der Waals surface area contributed by atoms with Gasteiger partial charge in [0.25, 0.3) is 0 Å². The van der Waals surface area contributed by atoms with Crippen LogP contribution in [0.2, 0.25) is 0 Å². The van der Waals surface area contributed by atoms with Gasteiger partial charge in [0.1, 0.15) is 0 Å². The predicted molar refractivity (Wildman–Crippen MR) is 198 cm³/mol. The first-order valence-electron chi connectivity index (χ1n) is 16.4. The van der Waals surface area contributed by atoms with Crippen molar-refractivity contribution in [3.8, 4) is 73.4 Å². The number of nitrogens with zero attached hydrogens (tertiary/aromatic N) is 5. The van der Waals surface area contributed by atoms with Crippen molar-refractivity contribution in [2.24, 2.45) is 0 Å². The van der Waals surface area contributed by atoms with E-state index < -0.39 is 0 Å². The zero-order chi connectivity index (χ0) is 32.3. The van der Waals surface area contributed by atoms with E-state index in [0.717, 1.165) is 50.1 Å². The summed E-state index contributed by atoms with van der Waals surface area (Å²) in [6.07, 6.45) is 4.12. The zero-order valence-electron chi connectivity index (χ0n) is 26.3. The molecule has 3 aromatic heterocycles. The number of hydrogen-bond donors (Lipinski definition) is 0. The van der Waals surface area contributed by atoms with E-state index in [2.05, 4.69) is 126 Å². The molecule has 10 rings (SSSR count). The fourth-order valence-electron chi connectivity index (χ4n) is 7.14. The lowest BCUT2D eigenvalue weighted by Gasteiger charge is -2.12. The van der Waals surface area contributed by atoms with Gasteiger partial charge >= 0.3 is 0 Å². The first-order valence-corrected chi connectivity index (χ1v) is 16.4. The molecule has 0 aliphatic heterocycles. The summed E-state index contributed by atoms with van der Waals surface area (Å²) >= 11 is 0. The second kappa shape index (κ2) is 10.9. The van der Waals surface area contributed by atoms with Gasteiger partial charge < -0.3 is 4.57 Å². The molecule has 0 N–H and O–H groups in total. The van der Waals surface area contributed by atoms with Gasteiger partial charge in [0.15, 0.2) is 17.5 Å². The van der Waals surface area contributed by atoms with Gasteiger partial charge in [-0.2, -0.15) is 0 Å². The molecule has 9 aromatic rings. The monoisotopic (exact) mass is 625 g/mol. The minimum atomic E-state index is 0.632. The van der Waals surface area contributed by atoms with Crippen molar-refractivity contribution in [3.05, 3.63) is 164 Å². The first kappa shape index (κ1) is 27.4. The van der Waals surface area contributed by atoms with Crippen molar-refractivity contribution in [1.29, 1.82) is 0 Å². The highest BCUT2D eigenvalue weighted by atomic mass is 15.0. The van der Waals surface area contributed by atoms with Gasteiger partial charge in [0.2, 0.25) is 0 Å². The first-order chi connectivity index (χ1) is 24.3. The van der Waals surface area contributed by atoms with Crippen LogP contribution in [0.15, 0.2) is 164 Å². The molecule has 5 heteroatoms. The topological polar surface area (TPSA) is 56.5 Å². The van der Waals surface area contributed by atoms with Gasteiger partial charge in [-0.15, -0.1) is 0 Å². The minimum Gasteiger partial charge on any atom is -0.316 e. The maximum atomic E-state index is 5.02. The van der Waals surface area contributed by atoms with Gasteiger partial charge in [-0.25, -0.2) is 15.0 Å². The number of hydrogen-bond acceptors (Lipinski definition) is 4. The number of aromatic nitrogens is 5. The zero-order valence-corrected chi connectivity index (χ0v) is 26.3. The molecule has 0 atom stereocenters. The molecule has 3 heterocycles. The molecule has 1 aliphatic rings. The lowest BCUT2D eigenvalue weighted by atomic mass is 9.95. The fourth-order valence-corrected chi connectivity index (χ4v) is 7.14. The molecule has 228 valence electrons. The van der Waals surface area contributed by atoms with Gasteiger partial charge in [-0.3, -0.25) is 4.98 Å². The van der Waals surface area contributed by atoms with Crippen molar-refractivity contribution in [2.45, 2.75) is 0 Å². The van der Waals surface area contributed by atoms with Crippen molar-refractivity contribution in [2.75, 3.05) is 0 Å². The SMILES string of the molecule is c1ccc(-c2nc(-c3ccc(-n4cc5c6c(cccc64)-c4ccccc4-c4cccnc4-5)cc3)nc(-c3ccc4ccccc4c3)n2)cc1. The van der Waals surface area contributed by atoms with Crippen LogP contribution in [0, 0.1) is 0 Å². The summed E-state index contributed by atoms with van der Waals surface area (Å²) in [7, 11) is 0. The van der Waals surface area contributed by atoms with E-state index in [4.69, 9.17) is 19.9 Å². The molecule has 5 nitrogen and oxygen atoms in total. The molecule has 0 saturated carbocycles. The van der Waals surface area contributed by atoms with E-state index in [1.807, 2.05) is 42.6 Å². The molecule has 6 aromatic carbocycles. The standard InChI is InChI=1S/C44H27N5/c1-2-11-29(12-3-1)42-46-43(48-44(47-42)32-20-19-28-10-4-5-13-31(28)26-32)30-21-23-33(24-22-30)49-27-38-40-36(16-8-18-39(40)49)34-14-6-7-15-35(34)37-17-9-25-45-41(37)38/h1-27H. The third kappa shape index (κ3) is 4.48. The minimum absolute atomic E-state index is 0.632. The maximum Gasteiger partial charge on any atom is 0.164 e. The van der Waals surface area contributed by atoms with Crippen LogP contribution in [0.4, 0.5) is 0 Å². The summed E-state index contributed by atoms with van der Waals surface area (Å²) in [5.41, 5.74) is 11.9. The highest BCUT2D eigenvalue weighted by Gasteiger charge is 2.24. The molecule has 0 fully saturated rings. The smallest absolute Gasteiger partial charge is 0.164 e. The molecule has 0 saturated heterocycles. The number of pyridine rings is 1. The Balaban J connectivity index is 1.11. The van der Waals surface area contributed by atoms with Crippen LogP contribution >= 0.6 is 0 Å². The van der Waals surface area contributed by atoms with Crippen LogP contribution in [0.1, 0.15) is 0 Å². The average Bonchev–Trinajstić information content (AvgIpc) is 3.52. The average molecular weight is 626 g/mol. The van der Waals surface area contributed by atoms with E-state index in [1.165, 1.54) is 27.5 Å². The van der Waals surface area contributed by atoms with E-state index in [1.54, 1.807) is 0 Å². The van der Waals surface area contributed by atoms with Crippen LogP contribution in [-0.4, -0.2) is 24.5 Å². The summed E-state index contributed by atoms with van der Waals surface area (Å²) in [4.78, 5) is 19.8. The molecule has 0 spiro atoms. The van der Waals surface area contributed by atoms with Gasteiger partial charge in [0, 0.05) is 51.3 Å². The second-order valence-corrected chi connectivity index (χ2v) is 12.3. The third-order valence-corrected chi connectivity index (χ3v) is 9.48. The Morgan fingerprint density at radius 2 is 1.02 bits per heavy atom. The van der Waals surface area contributed by atoms with E-state index in [0.29, 0.717) is 17.5 Å². The van der Waals surface area contributed by atoms with Gasteiger partial charge in [0.05, 0.1) is 11.2 Å². The van der Waals surface area contributed by atoms with E-state index >= 15 is 0 Å². The number of benzene rings is 6. The molecule has 0 amide bonds. The predicted octanol–water partition coefficient (Wildman–Crippen LogP) is 10.7. The summed E-state index contributed by atoms with van der Waals surface area (Å²) in [5.74, 6) is 1.92. The van der Waals surface area contributed by atoms with Crippen molar-refractivity contribution in [1.82, 2.24) is 24.5 Å². The molecule has 0 radical (unpaired) electrons. The summed E-state index contributed by atoms with van der Waals surface area (Å²) in [5, 5.41) is 3.54. The molecular weight excluding hydrogens is 599 g/mol. The summed E-state index contributed by atoms with van der Waals surface area (Å²) in [6, 6.07) is 52.7. The van der Waals surface area contributed by atoms with Crippen LogP contribution in [0.3, 0.4) is 0 Å². The van der Waals surface area contributed by atoms with Crippen LogP contribution in [-0.2, 0) is 0 Å². The normalized spacial score (nSPS) is 11.7. The lowest BCUT2D eigenvalue weighted by Crippen LogP contribution is -2.00. The number of fused-ring (bicyclic) bond motifs is 6. The van der Waals surface area contributed by atoms with Crippen molar-refractivity contribution in [3.63, 3.8) is 0 Å². The Bertz CT molecular complexity index is 2710. The summed E-state index contributed by atoms with van der Waals surface area (Å²) in [6.45, 7) is 0. The van der Waals surface area contributed by atoms with Gasteiger partial charge in [-0.1, -0.05) is 109 Å². The van der Waals surface area contributed by atoms with Crippen molar-refractivity contribution >= 4 is 21.7 Å². The molecule has 0 bridgehead atoms. The largest absolute Gasteiger partial charge is 0.316 e. The van der Waals surface area contributed by atoms with Gasteiger partial charge in [-0.05, 0) is 69.9 Å². The molecule has 1 aliphatic carbocycles. The van der Waals surface area contributed by atoms with Crippen LogP contribution in [0.5, 0.6) is 0 Å². The van der Waals surface area contributed by atoms with E-state index in [-0.39, 0.29) is 0 Å². The third-order valence-electron chi connectivity index (χ3n) is 9.48. The van der Waals surface area contributed by atoms with Crippen LogP contribution in [0.25, 0.3) is 95.0 Å². The molecular formula is C44H27N5. The molecule has 49 heavy (non-hydrogen) atoms. The fraction of sp³-hybridized carbons (Fsp3) is 0. The Morgan fingerprint density at radius 1 is 0.408 bits per heavy atom. The highest BCUT2D eigenvalue weighted by Crippen LogP contribution is 2.47. The number of rotatable bonds is 4. The lowest BCUT2D eigenvalue weighted by molar-refractivity contribution is 1.07. The highest BCUT2D eigenvalue weighted by molar-refractivity contribution is 6.12. The Morgan fingerprint density at radius 3 is 1.82 bits per heavy atom. The Kier molecular flexibility index (Phi) is 6.11. The van der Waals surface area contributed by atoms with Crippen LogP contribution < -0.4 is 0 Å². The quantitative estimate of drug-likeness (QED) is 0.195. The van der Waals surface area contributed by atoms with E-state index in [9.17, 15) is 0 Å². The summed E-state index contributed by atoms with van der Waals surface area (Å²) < 4.78 is 2.27. The Hall–Kier alpha value is -6.72. The maximum absolute atomic E-state index is 5.02. The molecule has 0 unspecified atom stereocenters. The Labute approximate surface area is 282 Å².